The van der Waals surface area contributed by atoms with E-state index in [1.54, 1.807) is 9.58 Å². The summed E-state index contributed by atoms with van der Waals surface area (Å²) >= 11 is 0. The number of anilines is 1. The number of hydrogen-bond donors (Lipinski definition) is 2. The minimum atomic E-state index is -1.45. The van der Waals surface area contributed by atoms with Crippen molar-refractivity contribution in [2.24, 2.45) is 0 Å². The van der Waals surface area contributed by atoms with Crippen LogP contribution in [0.2, 0.25) is 0 Å². The summed E-state index contributed by atoms with van der Waals surface area (Å²) in [4.78, 5) is 15.2. The number of carbonyl (C=O) groups is 1. The largest absolute Gasteiger partial charge is 0.477 e. The van der Waals surface area contributed by atoms with E-state index in [1.807, 2.05) is 62.4 Å². The number of allylic oxidation sites excluding steroid dienone is 6. The van der Waals surface area contributed by atoms with Crippen molar-refractivity contribution in [3.05, 3.63) is 89.8 Å². The molecule has 1 aromatic carbocycles. The van der Waals surface area contributed by atoms with Gasteiger partial charge < -0.3 is 10.1 Å². The zero-order valence-electron chi connectivity index (χ0n) is 21.6. The Hall–Kier alpha value is -3.72. The predicted octanol–water partition coefficient (Wildman–Crippen LogP) is 5.37. The summed E-state index contributed by atoms with van der Waals surface area (Å²) in [6.07, 6.45) is 11.4. The second kappa shape index (κ2) is 11.3. The molecule has 2 aliphatic carbocycles. The van der Waals surface area contributed by atoms with Crippen LogP contribution in [-0.2, 0) is 0 Å². The van der Waals surface area contributed by atoms with Gasteiger partial charge in [-0.15, -0.1) is 5.10 Å². The Morgan fingerprint density at radius 3 is 2.68 bits per heavy atom. The first-order valence-electron chi connectivity index (χ1n) is 13.1. The molecular weight excluding hydrogens is 488 g/mol. The Labute approximate surface area is 221 Å². The van der Waals surface area contributed by atoms with Crippen molar-refractivity contribution >= 4 is 11.8 Å². The molecule has 2 heterocycles. The second-order valence-electron chi connectivity index (χ2n) is 9.77. The van der Waals surface area contributed by atoms with Crippen LogP contribution in [0, 0.1) is 6.92 Å². The Morgan fingerprint density at radius 2 is 1.97 bits per heavy atom. The SMILES string of the molecule is CCOc1nn(C2C=CC=CC2)c(NC(=O)N[C@@H]2CN(C3C(F)=CC=CC3F)C[C@H]2c2ccccc2)c1C. The van der Waals surface area contributed by atoms with E-state index < -0.39 is 24.1 Å². The van der Waals surface area contributed by atoms with Crippen LogP contribution < -0.4 is 15.4 Å². The maximum Gasteiger partial charge on any atom is 0.320 e. The fraction of sp³-hybridized carbons (Fsp3) is 0.379. The van der Waals surface area contributed by atoms with Crippen molar-refractivity contribution in [2.75, 3.05) is 25.0 Å². The smallest absolute Gasteiger partial charge is 0.320 e. The zero-order chi connectivity index (χ0) is 26.6. The highest BCUT2D eigenvalue weighted by molar-refractivity contribution is 5.89. The molecule has 2 aromatic rings. The van der Waals surface area contributed by atoms with Crippen LogP contribution in [0.15, 0.2) is 78.7 Å². The molecule has 2 amide bonds. The molecule has 0 saturated carbocycles. The van der Waals surface area contributed by atoms with Crippen LogP contribution in [0.5, 0.6) is 5.88 Å². The highest BCUT2D eigenvalue weighted by atomic mass is 19.1. The van der Waals surface area contributed by atoms with Gasteiger partial charge in [-0.3, -0.25) is 10.2 Å². The fourth-order valence-corrected chi connectivity index (χ4v) is 5.45. The quantitative estimate of drug-likeness (QED) is 0.514. The standard InChI is InChI=1S/C29H33F2N5O2/c1-3-38-28-19(2)27(36(34-28)21-13-8-5-9-14-21)33-29(37)32-25-18-35(26-23(30)15-10-16-24(26)31)17-22(25)20-11-6-4-7-12-20/h4-13,15-16,21-23,25-26H,3,14,17-18H2,1-2H3,(H2,32,33,37)/t21?,22-,23?,25+,26?/m0/s1. The second-order valence-corrected chi connectivity index (χ2v) is 9.77. The zero-order valence-corrected chi connectivity index (χ0v) is 21.6. The molecular formula is C29H33F2N5O2. The first-order valence-corrected chi connectivity index (χ1v) is 13.1. The molecule has 9 heteroatoms. The molecule has 2 N–H and O–H groups in total. The molecule has 7 nitrogen and oxygen atoms in total. The third-order valence-corrected chi connectivity index (χ3v) is 7.31. The highest BCUT2D eigenvalue weighted by Crippen LogP contribution is 2.35. The molecule has 38 heavy (non-hydrogen) atoms. The van der Waals surface area contributed by atoms with Crippen LogP contribution in [0.3, 0.4) is 0 Å². The van der Waals surface area contributed by atoms with E-state index in [-0.39, 0.29) is 18.0 Å². The van der Waals surface area contributed by atoms with Crippen LogP contribution >= 0.6 is 0 Å². The Bertz CT molecular complexity index is 1270. The van der Waals surface area contributed by atoms with Gasteiger partial charge in [0, 0.05) is 19.0 Å². The number of halogens is 2. The monoisotopic (exact) mass is 521 g/mol. The van der Waals surface area contributed by atoms with Gasteiger partial charge in [0.05, 0.1) is 30.3 Å². The van der Waals surface area contributed by atoms with Crippen molar-refractivity contribution in [3.63, 3.8) is 0 Å². The van der Waals surface area contributed by atoms with Crippen LogP contribution in [0.1, 0.15) is 36.4 Å². The maximum absolute atomic E-state index is 14.7. The molecule has 5 atom stereocenters. The van der Waals surface area contributed by atoms with E-state index >= 15 is 0 Å². The number of benzene rings is 1. The Morgan fingerprint density at radius 1 is 1.16 bits per heavy atom. The average molecular weight is 522 g/mol. The number of amides is 2. The molecule has 1 aliphatic heterocycles. The lowest BCUT2D eigenvalue weighted by Crippen LogP contribution is -2.45. The van der Waals surface area contributed by atoms with Crippen molar-refractivity contribution in [1.82, 2.24) is 20.0 Å². The minimum Gasteiger partial charge on any atom is -0.477 e. The summed E-state index contributed by atoms with van der Waals surface area (Å²) in [6, 6.07) is 7.93. The number of carbonyl (C=O) groups excluding carboxylic acids is 1. The number of aromatic nitrogens is 2. The van der Waals surface area contributed by atoms with E-state index in [0.717, 1.165) is 17.5 Å². The van der Waals surface area contributed by atoms with Crippen LogP contribution in [0.25, 0.3) is 0 Å². The third-order valence-electron chi connectivity index (χ3n) is 7.31. The van der Waals surface area contributed by atoms with Gasteiger partial charge in [0.1, 0.15) is 17.8 Å². The summed E-state index contributed by atoms with van der Waals surface area (Å²) in [5.74, 6) is 0.387. The lowest BCUT2D eigenvalue weighted by atomic mass is 9.94. The van der Waals surface area contributed by atoms with Crippen molar-refractivity contribution in [1.29, 1.82) is 0 Å². The number of rotatable bonds is 7. The van der Waals surface area contributed by atoms with E-state index in [1.165, 1.54) is 18.2 Å². The molecule has 200 valence electrons. The van der Waals surface area contributed by atoms with Gasteiger partial charge in [0.2, 0.25) is 5.88 Å². The summed E-state index contributed by atoms with van der Waals surface area (Å²) in [6.45, 7) is 4.94. The summed E-state index contributed by atoms with van der Waals surface area (Å²) in [7, 11) is 0. The number of nitrogens with one attached hydrogen (secondary N) is 2. The van der Waals surface area contributed by atoms with Gasteiger partial charge >= 0.3 is 6.03 Å². The summed E-state index contributed by atoms with van der Waals surface area (Å²) in [5, 5.41) is 10.7. The van der Waals surface area contributed by atoms with E-state index in [0.29, 0.717) is 31.4 Å². The Kier molecular flexibility index (Phi) is 7.74. The van der Waals surface area contributed by atoms with Gasteiger partial charge in [-0.05, 0) is 38.0 Å². The lowest BCUT2D eigenvalue weighted by molar-refractivity contribution is 0.161. The molecule has 5 rings (SSSR count). The van der Waals surface area contributed by atoms with Gasteiger partial charge in [-0.2, -0.15) is 0 Å². The van der Waals surface area contributed by atoms with Crippen molar-refractivity contribution in [2.45, 2.75) is 50.5 Å². The molecule has 1 fully saturated rings. The number of nitrogens with zero attached hydrogens (tertiary/aromatic N) is 3. The van der Waals surface area contributed by atoms with Gasteiger partial charge in [0.25, 0.3) is 0 Å². The Balaban J connectivity index is 1.37. The summed E-state index contributed by atoms with van der Waals surface area (Å²) < 4.78 is 36.9. The van der Waals surface area contributed by atoms with E-state index in [2.05, 4.69) is 21.8 Å². The van der Waals surface area contributed by atoms with Crippen LogP contribution in [-0.4, -0.2) is 58.7 Å². The highest BCUT2D eigenvalue weighted by Gasteiger charge is 2.42. The normalized spacial score (nSPS) is 26.8. The molecule has 0 bridgehead atoms. The summed E-state index contributed by atoms with van der Waals surface area (Å²) in [5.41, 5.74) is 1.74. The molecule has 1 saturated heterocycles. The third kappa shape index (κ3) is 5.29. The minimum absolute atomic E-state index is 0.0575. The van der Waals surface area contributed by atoms with Gasteiger partial charge in [-0.25, -0.2) is 18.3 Å². The van der Waals surface area contributed by atoms with Gasteiger partial charge in [-0.1, -0.05) is 60.7 Å². The van der Waals surface area contributed by atoms with Crippen molar-refractivity contribution in [3.8, 4) is 5.88 Å². The lowest BCUT2D eigenvalue weighted by Gasteiger charge is -2.29. The average Bonchev–Trinajstić information content (AvgIpc) is 3.46. The molecule has 1 aromatic heterocycles. The topological polar surface area (TPSA) is 71.4 Å². The first-order chi connectivity index (χ1) is 18.5. The molecule has 3 unspecified atom stereocenters. The number of hydrogen-bond acceptors (Lipinski definition) is 4. The predicted molar refractivity (Wildman–Crippen MR) is 144 cm³/mol. The molecule has 0 radical (unpaired) electrons. The maximum atomic E-state index is 14.7. The number of likely N-dealkylation sites (tertiary alicyclic amines) is 1. The van der Waals surface area contributed by atoms with Crippen molar-refractivity contribution < 1.29 is 18.3 Å². The van der Waals surface area contributed by atoms with Gasteiger partial charge in [0.15, 0.2) is 0 Å². The number of urea groups is 1. The number of alkyl halides is 1. The first kappa shape index (κ1) is 25.9. The molecule has 3 aliphatic rings. The molecule has 0 spiro atoms. The van der Waals surface area contributed by atoms with Crippen LogP contribution in [0.4, 0.5) is 19.4 Å². The van der Waals surface area contributed by atoms with E-state index in [4.69, 9.17) is 4.74 Å². The fourth-order valence-electron chi connectivity index (χ4n) is 5.45. The number of ether oxygens (including phenoxy) is 1. The van der Waals surface area contributed by atoms with E-state index in [9.17, 15) is 13.6 Å².